The van der Waals surface area contributed by atoms with Gasteiger partial charge in [-0.25, -0.2) is 0 Å². The third-order valence-corrected chi connectivity index (χ3v) is 4.81. The summed E-state index contributed by atoms with van der Waals surface area (Å²) in [6, 6.07) is 0.170. The molecule has 2 saturated heterocycles. The maximum atomic E-state index is 11.7. The summed E-state index contributed by atoms with van der Waals surface area (Å²) in [7, 11) is 0. The molecule has 0 saturated carbocycles. The van der Waals surface area contributed by atoms with Gasteiger partial charge in [-0.3, -0.25) is 9.69 Å². The van der Waals surface area contributed by atoms with Crippen LogP contribution in [0.15, 0.2) is 0 Å². The summed E-state index contributed by atoms with van der Waals surface area (Å²) in [6.45, 7) is 11.1. The molecule has 2 atom stereocenters. The number of rotatable bonds is 2. The minimum Gasteiger partial charge on any atom is -0.480 e. The maximum absolute atomic E-state index is 11.7. The first-order valence-corrected chi connectivity index (χ1v) is 7.29. The first-order chi connectivity index (χ1) is 8.58. The molecule has 1 N–H and O–H groups in total. The molecule has 0 aliphatic carbocycles. The second-order valence-electron chi connectivity index (χ2n) is 7.41. The van der Waals surface area contributed by atoms with Gasteiger partial charge in [0.15, 0.2) is 0 Å². The molecule has 2 aliphatic rings. The SMILES string of the molecule is CC1(C)CC(N2CCCCC2(C)C(=O)O)C(C)(C)O1. The van der Waals surface area contributed by atoms with Crippen LogP contribution in [0.3, 0.4) is 0 Å². The molecule has 2 aliphatic heterocycles. The van der Waals surface area contributed by atoms with Crippen molar-refractivity contribution in [2.75, 3.05) is 6.54 Å². The van der Waals surface area contributed by atoms with Gasteiger partial charge in [0.25, 0.3) is 0 Å². The Morgan fingerprint density at radius 1 is 1.21 bits per heavy atom. The highest BCUT2D eigenvalue weighted by molar-refractivity contribution is 5.78. The Labute approximate surface area is 116 Å². The van der Waals surface area contributed by atoms with Crippen LogP contribution in [0, 0.1) is 0 Å². The minimum atomic E-state index is -0.746. The number of ether oxygens (including phenoxy) is 1. The average molecular weight is 269 g/mol. The highest BCUT2D eigenvalue weighted by Gasteiger charge is 2.54. The van der Waals surface area contributed by atoms with E-state index in [9.17, 15) is 9.90 Å². The summed E-state index contributed by atoms with van der Waals surface area (Å²) in [5.41, 5.74) is -1.22. The van der Waals surface area contributed by atoms with Crippen LogP contribution in [-0.4, -0.2) is 45.3 Å². The van der Waals surface area contributed by atoms with E-state index in [0.29, 0.717) is 0 Å². The van der Waals surface area contributed by atoms with E-state index in [4.69, 9.17) is 4.74 Å². The number of piperidine rings is 1. The van der Waals surface area contributed by atoms with Crippen molar-refractivity contribution < 1.29 is 14.6 Å². The molecular formula is C15H27NO3. The van der Waals surface area contributed by atoms with Crippen LogP contribution in [0.25, 0.3) is 0 Å². The van der Waals surface area contributed by atoms with Crippen LogP contribution in [-0.2, 0) is 9.53 Å². The van der Waals surface area contributed by atoms with Crippen molar-refractivity contribution in [3.63, 3.8) is 0 Å². The van der Waals surface area contributed by atoms with Crippen molar-refractivity contribution in [1.82, 2.24) is 4.90 Å². The molecule has 2 fully saturated rings. The van der Waals surface area contributed by atoms with Gasteiger partial charge >= 0.3 is 5.97 Å². The van der Waals surface area contributed by atoms with Crippen LogP contribution in [0.5, 0.6) is 0 Å². The number of hydrogen-bond donors (Lipinski definition) is 1. The molecule has 0 bridgehead atoms. The lowest BCUT2D eigenvalue weighted by molar-refractivity contribution is -0.158. The van der Waals surface area contributed by atoms with Gasteiger partial charge < -0.3 is 9.84 Å². The molecule has 2 heterocycles. The summed E-state index contributed by atoms with van der Waals surface area (Å²) in [6.07, 6.45) is 3.70. The largest absolute Gasteiger partial charge is 0.480 e. The van der Waals surface area contributed by atoms with E-state index in [1.807, 2.05) is 6.92 Å². The Morgan fingerprint density at radius 2 is 1.84 bits per heavy atom. The summed E-state index contributed by atoms with van der Waals surface area (Å²) < 4.78 is 6.14. The predicted molar refractivity (Wildman–Crippen MR) is 74.2 cm³/mol. The highest BCUT2D eigenvalue weighted by Crippen LogP contribution is 2.44. The van der Waals surface area contributed by atoms with Crippen molar-refractivity contribution in [3.8, 4) is 0 Å². The Hall–Kier alpha value is -0.610. The normalized spacial score (nSPS) is 38.3. The first-order valence-electron chi connectivity index (χ1n) is 7.29. The monoisotopic (exact) mass is 269 g/mol. The summed E-state index contributed by atoms with van der Waals surface area (Å²) in [4.78, 5) is 13.9. The zero-order valence-electron chi connectivity index (χ0n) is 12.8. The standard InChI is InChI=1S/C15H27NO3/c1-13(2)10-11(14(3,4)19-13)16-9-7-6-8-15(16,5)12(17)18/h11H,6-10H2,1-5H3,(H,17,18). The van der Waals surface area contributed by atoms with E-state index in [0.717, 1.165) is 32.2 Å². The zero-order valence-corrected chi connectivity index (χ0v) is 12.8. The fourth-order valence-electron chi connectivity index (χ4n) is 3.89. The van der Waals surface area contributed by atoms with Gasteiger partial charge in [0.05, 0.1) is 11.2 Å². The Balaban J connectivity index is 2.31. The third-order valence-electron chi connectivity index (χ3n) is 4.81. The van der Waals surface area contributed by atoms with Crippen LogP contribution in [0.2, 0.25) is 0 Å². The summed E-state index contributed by atoms with van der Waals surface area (Å²) in [5.74, 6) is -0.701. The quantitative estimate of drug-likeness (QED) is 0.837. The fraction of sp³-hybridized carbons (Fsp3) is 0.933. The van der Waals surface area contributed by atoms with Gasteiger partial charge in [-0.1, -0.05) is 0 Å². The first kappa shape index (κ1) is 14.8. The minimum absolute atomic E-state index is 0.170. The van der Waals surface area contributed by atoms with E-state index in [2.05, 4.69) is 32.6 Å². The van der Waals surface area contributed by atoms with Crippen LogP contribution in [0.4, 0.5) is 0 Å². The number of likely N-dealkylation sites (tertiary alicyclic amines) is 1. The van der Waals surface area contributed by atoms with E-state index < -0.39 is 11.5 Å². The Bertz CT molecular complexity index is 378. The van der Waals surface area contributed by atoms with Crippen molar-refractivity contribution in [2.45, 2.75) is 83.1 Å². The van der Waals surface area contributed by atoms with Gasteiger partial charge in [-0.05, 0) is 66.8 Å². The smallest absolute Gasteiger partial charge is 0.323 e. The van der Waals surface area contributed by atoms with E-state index in [-0.39, 0.29) is 17.2 Å². The van der Waals surface area contributed by atoms with Gasteiger partial charge in [0, 0.05) is 6.04 Å². The van der Waals surface area contributed by atoms with Crippen LogP contribution >= 0.6 is 0 Å². The van der Waals surface area contributed by atoms with E-state index in [1.54, 1.807) is 0 Å². The molecule has 0 radical (unpaired) electrons. The number of carboxylic acids is 1. The van der Waals surface area contributed by atoms with Gasteiger partial charge in [-0.2, -0.15) is 0 Å². The summed E-state index contributed by atoms with van der Waals surface area (Å²) >= 11 is 0. The van der Waals surface area contributed by atoms with E-state index >= 15 is 0 Å². The Kier molecular flexibility index (Phi) is 3.47. The number of aliphatic carboxylic acids is 1. The predicted octanol–water partition coefficient (Wildman–Crippen LogP) is 2.66. The molecule has 0 amide bonds. The van der Waals surface area contributed by atoms with Gasteiger partial charge in [-0.15, -0.1) is 0 Å². The molecule has 4 heteroatoms. The molecule has 110 valence electrons. The number of hydrogen-bond acceptors (Lipinski definition) is 3. The van der Waals surface area contributed by atoms with Crippen LogP contribution < -0.4 is 0 Å². The van der Waals surface area contributed by atoms with Crippen molar-refractivity contribution in [2.24, 2.45) is 0 Å². The number of nitrogens with zero attached hydrogens (tertiary/aromatic N) is 1. The van der Waals surface area contributed by atoms with Gasteiger partial charge in [0.2, 0.25) is 0 Å². The molecule has 2 rings (SSSR count). The fourth-order valence-corrected chi connectivity index (χ4v) is 3.89. The molecule has 0 aromatic heterocycles. The Morgan fingerprint density at radius 3 is 2.32 bits per heavy atom. The third kappa shape index (κ3) is 2.52. The van der Waals surface area contributed by atoms with Crippen molar-refractivity contribution >= 4 is 5.97 Å². The average Bonchev–Trinajstić information content (AvgIpc) is 2.47. The highest BCUT2D eigenvalue weighted by atomic mass is 16.5. The second-order valence-corrected chi connectivity index (χ2v) is 7.41. The molecule has 0 aromatic carbocycles. The summed E-state index contributed by atoms with van der Waals surface area (Å²) in [5, 5.41) is 9.65. The maximum Gasteiger partial charge on any atom is 0.323 e. The molecule has 2 unspecified atom stereocenters. The van der Waals surface area contributed by atoms with Crippen molar-refractivity contribution in [1.29, 1.82) is 0 Å². The van der Waals surface area contributed by atoms with E-state index in [1.165, 1.54) is 0 Å². The molecule has 0 aromatic rings. The van der Waals surface area contributed by atoms with Crippen molar-refractivity contribution in [3.05, 3.63) is 0 Å². The lowest BCUT2D eigenvalue weighted by Gasteiger charge is -2.48. The number of carbonyl (C=O) groups is 1. The lowest BCUT2D eigenvalue weighted by Crippen LogP contribution is -2.62. The lowest BCUT2D eigenvalue weighted by atomic mass is 9.82. The second kappa shape index (κ2) is 4.45. The number of carboxylic acid groups (broad SMARTS) is 1. The topological polar surface area (TPSA) is 49.8 Å². The molecule has 0 spiro atoms. The molecule has 19 heavy (non-hydrogen) atoms. The van der Waals surface area contributed by atoms with Crippen LogP contribution in [0.1, 0.15) is 60.3 Å². The zero-order chi connectivity index (χ0) is 14.5. The molecule has 4 nitrogen and oxygen atoms in total. The molecular weight excluding hydrogens is 242 g/mol. The van der Waals surface area contributed by atoms with Gasteiger partial charge in [0.1, 0.15) is 5.54 Å².